The van der Waals surface area contributed by atoms with E-state index in [-0.39, 0.29) is 6.42 Å². The number of nitrogens with two attached hydrogens (primary N) is 1. The minimum Gasteiger partial charge on any atom is -0.495 e. The van der Waals surface area contributed by atoms with Crippen LogP contribution in [0.25, 0.3) is 0 Å². The van der Waals surface area contributed by atoms with Crippen molar-refractivity contribution < 1.29 is 4.74 Å². The molecule has 0 fully saturated rings. The third-order valence-electron chi connectivity index (χ3n) is 1.98. The van der Waals surface area contributed by atoms with E-state index in [9.17, 15) is 0 Å². The molecule has 0 saturated heterocycles. The number of rotatable bonds is 3. The molecule has 0 bridgehead atoms. The Kier molecular flexibility index (Phi) is 4.22. The standard InChI is InChI=1S/C10H10Cl2N2O/c1-15-10-5-7(11)6(4-8(10)12)9(14)2-3-13/h4-5,9H,2,14H2,1H3. The first kappa shape index (κ1) is 12.1. The molecule has 15 heavy (non-hydrogen) atoms. The number of nitriles is 1. The fourth-order valence-corrected chi connectivity index (χ4v) is 1.74. The molecule has 0 heterocycles. The molecule has 1 atom stereocenters. The topological polar surface area (TPSA) is 59.0 Å². The molecule has 5 heteroatoms. The second-order valence-corrected chi connectivity index (χ2v) is 3.79. The number of methoxy groups -OCH3 is 1. The molecule has 80 valence electrons. The van der Waals surface area contributed by atoms with E-state index < -0.39 is 6.04 Å². The number of hydrogen-bond donors (Lipinski definition) is 1. The first-order valence-electron chi connectivity index (χ1n) is 4.25. The van der Waals surface area contributed by atoms with Crippen LogP contribution >= 0.6 is 23.2 Å². The molecule has 1 rings (SSSR count). The molecule has 2 N–H and O–H groups in total. The van der Waals surface area contributed by atoms with Crippen LogP contribution in [0.5, 0.6) is 5.75 Å². The fraction of sp³-hybridized carbons (Fsp3) is 0.300. The summed E-state index contributed by atoms with van der Waals surface area (Å²) in [6.07, 6.45) is 0.197. The van der Waals surface area contributed by atoms with Gasteiger partial charge in [0.15, 0.2) is 0 Å². The Labute approximate surface area is 98.3 Å². The van der Waals surface area contributed by atoms with Crippen molar-refractivity contribution >= 4 is 23.2 Å². The van der Waals surface area contributed by atoms with Crippen molar-refractivity contribution in [2.45, 2.75) is 12.5 Å². The summed E-state index contributed by atoms with van der Waals surface area (Å²) in [4.78, 5) is 0. The summed E-state index contributed by atoms with van der Waals surface area (Å²) < 4.78 is 5.00. The molecule has 0 aliphatic carbocycles. The van der Waals surface area contributed by atoms with E-state index >= 15 is 0 Å². The maximum atomic E-state index is 8.53. The minimum absolute atomic E-state index is 0.197. The first-order valence-corrected chi connectivity index (χ1v) is 5.01. The SMILES string of the molecule is COc1cc(Cl)c(C(N)CC#N)cc1Cl. The average molecular weight is 245 g/mol. The highest BCUT2D eigenvalue weighted by molar-refractivity contribution is 6.34. The summed E-state index contributed by atoms with van der Waals surface area (Å²) in [7, 11) is 1.51. The Hall–Kier alpha value is -0.950. The number of nitrogens with zero attached hydrogens (tertiary/aromatic N) is 1. The Bertz CT molecular complexity index is 401. The summed E-state index contributed by atoms with van der Waals surface area (Å²) in [6.45, 7) is 0. The Balaban J connectivity index is 3.11. The highest BCUT2D eigenvalue weighted by Crippen LogP contribution is 2.33. The molecule has 0 amide bonds. The lowest BCUT2D eigenvalue weighted by Crippen LogP contribution is -2.10. The van der Waals surface area contributed by atoms with Crippen LogP contribution in [0.4, 0.5) is 0 Å². The number of benzene rings is 1. The molecule has 0 aromatic heterocycles. The van der Waals surface area contributed by atoms with Crippen LogP contribution in [0.2, 0.25) is 10.0 Å². The van der Waals surface area contributed by atoms with Crippen molar-refractivity contribution in [3.05, 3.63) is 27.7 Å². The lowest BCUT2D eigenvalue weighted by molar-refractivity contribution is 0.415. The number of hydrogen-bond acceptors (Lipinski definition) is 3. The highest BCUT2D eigenvalue weighted by Gasteiger charge is 2.13. The lowest BCUT2D eigenvalue weighted by Gasteiger charge is -2.12. The molecule has 0 aliphatic heterocycles. The van der Waals surface area contributed by atoms with Gasteiger partial charge in [-0.05, 0) is 11.6 Å². The maximum absolute atomic E-state index is 8.53. The van der Waals surface area contributed by atoms with Gasteiger partial charge in [0.05, 0.1) is 24.6 Å². The third kappa shape index (κ3) is 2.75. The Morgan fingerprint density at radius 3 is 2.67 bits per heavy atom. The highest BCUT2D eigenvalue weighted by atomic mass is 35.5. The molecule has 0 spiro atoms. The summed E-state index contributed by atoms with van der Waals surface area (Å²) in [5, 5.41) is 9.42. The van der Waals surface area contributed by atoms with E-state index in [1.54, 1.807) is 12.1 Å². The Morgan fingerprint density at radius 2 is 2.13 bits per heavy atom. The zero-order chi connectivity index (χ0) is 11.4. The zero-order valence-corrected chi connectivity index (χ0v) is 9.64. The van der Waals surface area contributed by atoms with E-state index in [1.807, 2.05) is 6.07 Å². The normalized spacial score (nSPS) is 11.9. The van der Waals surface area contributed by atoms with Gasteiger partial charge in [-0.25, -0.2) is 0 Å². The van der Waals surface area contributed by atoms with Crippen LogP contribution in [0.3, 0.4) is 0 Å². The van der Waals surface area contributed by atoms with Gasteiger partial charge in [0.25, 0.3) is 0 Å². The second-order valence-electron chi connectivity index (χ2n) is 2.98. The van der Waals surface area contributed by atoms with E-state index in [1.165, 1.54) is 7.11 Å². The van der Waals surface area contributed by atoms with Gasteiger partial charge in [0.1, 0.15) is 5.75 Å². The zero-order valence-electron chi connectivity index (χ0n) is 8.13. The summed E-state index contributed by atoms with van der Waals surface area (Å²) in [5.74, 6) is 0.495. The van der Waals surface area contributed by atoms with Crippen LogP contribution in [-0.2, 0) is 0 Å². The molecule has 0 radical (unpaired) electrons. The van der Waals surface area contributed by atoms with Gasteiger partial charge in [0, 0.05) is 17.1 Å². The van der Waals surface area contributed by atoms with Crippen molar-refractivity contribution in [1.82, 2.24) is 0 Å². The minimum atomic E-state index is -0.425. The summed E-state index contributed by atoms with van der Waals surface area (Å²) in [6, 6.07) is 4.78. The van der Waals surface area contributed by atoms with Crippen molar-refractivity contribution in [3.8, 4) is 11.8 Å². The largest absolute Gasteiger partial charge is 0.495 e. The van der Waals surface area contributed by atoms with E-state index in [2.05, 4.69) is 0 Å². The number of ether oxygens (including phenoxy) is 1. The van der Waals surface area contributed by atoms with Crippen LogP contribution in [0.1, 0.15) is 18.0 Å². The van der Waals surface area contributed by atoms with Crippen molar-refractivity contribution in [3.63, 3.8) is 0 Å². The fourth-order valence-electron chi connectivity index (χ4n) is 1.19. The van der Waals surface area contributed by atoms with Crippen LogP contribution in [0, 0.1) is 11.3 Å². The van der Waals surface area contributed by atoms with Gasteiger partial charge in [0.2, 0.25) is 0 Å². The van der Waals surface area contributed by atoms with Crippen molar-refractivity contribution in [1.29, 1.82) is 5.26 Å². The second kappa shape index (κ2) is 5.22. The molecule has 3 nitrogen and oxygen atoms in total. The smallest absolute Gasteiger partial charge is 0.138 e. The van der Waals surface area contributed by atoms with Gasteiger partial charge in [-0.3, -0.25) is 0 Å². The lowest BCUT2D eigenvalue weighted by atomic mass is 10.1. The number of halogens is 2. The third-order valence-corrected chi connectivity index (χ3v) is 2.60. The van der Waals surface area contributed by atoms with Gasteiger partial charge >= 0.3 is 0 Å². The molecule has 1 aromatic rings. The summed E-state index contributed by atoms with van der Waals surface area (Å²) in [5.41, 5.74) is 6.42. The quantitative estimate of drug-likeness (QED) is 0.890. The average Bonchev–Trinajstić information content (AvgIpc) is 2.21. The molecular weight excluding hydrogens is 235 g/mol. The van der Waals surface area contributed by atoms with Gasteiger partial charge in [-0.15, -0.1) is 0 Å². The van der Waals surface area contributed by atoms with Gasteiger partial charge < -0.3 is 10.5 Å². The Morgan fingerprint density at radius 1 is 1.47 bits per heavy atom. The maximum Gasteiger partial charge on any atom is 0.138 e. The van der Waals surface area contributed by atoms with E-state index in [0.717, 1.165) is 0 Å². The van der Waals surface area contributed by atoms with Crippen LogP contribution in [-0.4, -0.2) is 7.11 Å². The van der Waals surface area contributed by atoms with E-state index in [0.29, 0.717) is 21.4 Å². The predicted molar refractivity (Wildman–Crippen MR) is 60.2 cm³/mol. The molecule has 1 unspecified atom stereocenters. The van der Waals surface area contributed by atoms with Gasteiger partial charge in [-0.1, -0.05) is 23.2 Å². The molecule has 0 aliphatic rings. The molecular formula is C10H10Cl2N2O. The summed E-state index contributed by atoms with van der Waals surface area (Å²) >= 11 is 11.9. The van der Waals surface area contributed by atoms with Crippen LogP contribution < -0.4 is 10.5 Å². The van der Waals surface area contributed by atoms with E-state index in [4.69, 9.17) is 38.9 Å². The van der Waals surface area contributed by atoms with Gasteiger partial charge in [-0.2, -0.15) is 5.26 Å². The van der Waals surface area contributed by atoms with Crippen molar-refractivity contribution in [2.75, 3.05) is 7.11 Å². The molecule has 1 aromatic carbocycles. The van der Waals surface area contributed by atoms with Crippen molar-refractivity contribution in [2.24, 2.45) is 5.73 Å². The first-order chi connectivity index (χ1) is 7.10. The predicted octanol–water partition coefficient (Wildman–Crippen LogP) is 2.92. The van der Waals surface area contributed by atoms with Crippen LogP contribution in [0.15, 0.2) is 12.1 Å². The monoisotopic (exact) mass is 244 g/mol. The molecule has 0 saturated carbocycles.